The van der Waals surface area contributed by atoms with Gasteiger partial charge in [-0.3, -0.25) is 9.89 Å². The van der Waals surface area contributed by atoms with Gasteiger partial charge in [0.25, 0.3) is 5.91 Å². The molecule has 2 aliphatic rings. The van der Waals surface area contributed by atoms with Gasteiger partial charge in [0.2, 0.25) is 5.82 Å². The third-order valence-electron chi connectivity index (χ3n) is 3.59. The van der Waals surface area contributed by atoms with Crippen LogP contribution in [0.3, 0.4) is 0 Å². The molecule has 0 spiro atoms. The molecule has 98 valence electrons. The second-order valence-electron chi connectivity index (χ2n) is 5.40. The topological polar surface area (TPSA) is 70.7 Å². The summed E-state index contributed by atoms with van der Waals surface area (Å²) in [4.78, 5) is 16.2. The lowest BCUT2D eigenvalue weighted by Gasteiger charge is -2.22. The summed E-state index contributed by atoms with van der Waals surface area (Å²) in [5.41, 5.74) is 0. The first-order chi connectivity index (χ1) is 8.66. The third kappa shape index (κ3) is 2.53. The van der Waals surface area contributed by atoms with Crippen molar-refractivity contribution < 1.29 is 4.79 Å². The van der Waals surface area contributed by atoms with Crippen molar-refractivity contribution in [1.29, 1.82) is 0 Å². The molecule has 1 saturated heterocycles. The minimum Gasteiger partial charge on any atom is -0.348 e. The Morgan fingerprint density at radius 2 is 2.44 bits per heavy atom. The molecule has 18 heavy (non-hydrogen) atoms. The zero-order chi connectivity index (χ0) is 12.6. The molecule has 1 aromatic rings. The third-order valence-corrected chi connectivity index (χ3v) is 5.13. The fourth-order valence-electron chi connectivity index (χ4n) is 2.24. The Balaban J connectivity index is 1.56. The molecule has 1 saturated carbocycles. The van der Waals surface area contributed by atoms with Gasteiger partial charge in [-0.2, -0.15) is 11.8 Å². The number of rotatable bonds is 4. The quantitative estimate of drug-likeness (QED) is 0.870. The first-order valence-electron chi connectivity index (χ1n) is 6.51. The van der Waals surface area contributed by atoms with Gasteiger partial charge in [0.15, 0.2) is 0 Å². The summed E-state index contributed by atoms with van der Waals surface area (Å²) in [7, 11) is 0. The molecular formula is C12H18N4OS. The largest absolute Gasteiger partial charge is 0.348 e. The zero-order valence-electron chi connectivity index (χ0n) is 10.5. The van der Waals surface area contributed by atoms with Crippen LogP contribution in [-0.4, -0.2) is 38.1 Å². The molecule has 0 aromatic carbocycles. The average molecular weight is 266 g/mol. The van der Waals surface area contributed by atoms with Crippen LogP contribution in [0.1, 0.15) is 55.0 Å². The van der Waals surface area contributed by atoms with E-state index in [1.54, 1.807) is 0 Å². The number of H-pyrrole nitrogens is 1. The van der Waals surface area contributed by atoms with Gasteiger partial charge in [0, 0.05) is 17.2 Å². The molecule has 6 heteroatoms. The van der Waals surface area contributed by atoms with Gasteiger partial charge >= 0.3 is 0 Å². The summed E-state index contributed by atoms with van der Waals surface area (Å²) in [6.45, 7) is 2.91. The van der Waals surface area contributed by atoms with Crippen LogP contribution in [0, 0.1) is 0 Å². The van der Waals surface area contributed by atoms with Gasteiger partial charge in [-0.25, -0.2) is 4.98 Å². The van der Waals surface area contributed by atoms with E-state index in [1.807, 2.05) is 11.8 Å². The van der Waals surface area contributed by atoms with Crippen LogP contribution in [0.5, 0.6) is 0 Å². The molecule has 5 nitrogen and oxygen atoms in total. The van der Waals surface area contributed by atoms with E-state index in [4.69, 9.17) is 0 Å². The molecule has 2 N–H and O–H groups in total. The second kappa shape index (κ2) is 4.57. The number of nitrogens with one attached hydrogen (secondary N) is 2. The highest BCUT2D eigenvalue weighted by Crippen LogP contribution is 2.38. The van der Waals surface area contributed by atoms with Crippen molar-refractivity contribution >= 4 is 17.7 Å². The number of aromatic nitrogens is 3. The van der Waals surface area contributed by atoms with Crippen LogP contribution >= 0.6 is 11.8 Å². The predicted octanol–water partition coefficient (Wildman–Crippen LogP) is 1.70. The van der Waals surface area contributed by atoms with E-state index in [0.29, 0.717) is 12.5 Å². The Kier molecular flexibility index (Phi) is 3.05. The van der Waals surface area contributed by atoms with Crippen LogP contribution < -0.4 is 5.32 Å². The number of carbonyl (C=O) groups excluding carboxylic acids is 1. The highest BCUT2D eigenvalue weighted by atomic mass is 32.2. The summed E-state index contributed by atoms with van der Waals surface area (Å²) in [5, 5.41) is 9.80. The Morgan fingerprint density at radius 1 is 1.61 bits per heavy atom. The lowest BCUT2D eigenvalue weighted by molar-refractivity contribution is 0.0940. The standard InChI is InChI=1S/C12H18N4OS/c1-12(5-2-6-18-12)7-13-11(17)10-14-9(15-16-10)8-3-4-8/h8H,2-7H2,1H3,(H,13,17)(H,14,15,16). The smallest absolute Gasteiger partial charge is 0.291 e. The number of hydrogen-bond acceptors (Lipinski definition) is 4. The van der Waals surface area contributed by atoms with E-state index >= 15 is 0 Å². The summed E-state index contributed by atoms with van der Waals surface area (Å²) < 4.78 is 0.186. The fourth-order valence-corrected chi connectivity index (χ4v) is 3.48. The van der Waals surface area contributed by atoms with Crippen LogP contribution in [0.2, 0.25) is 0 Å². The summed E-state index contributed by atoms with van der Waals surface area (Å²) in [6, 6.07) is 0. The molecule has 1 aromatic heterocycles. The van der Waals surface area contributed by atoms with E-state index in [-0.39, 0.29) is 16.5 Å². The lowest BCUT2D eigenvalue weighted by Crippen LogP contribution is -2.37. The van der Waals surface area contributed by atoms with Gasteiger partial charge < -0.3 is 5.32 Å². The van der Waals surface area contributed by atoms with Crippen molar-refractivity contribution in [3.8, 4) is 0 Å². The van der Waals surface area contributed by atoms with E-state index in [1.165, 1.54) is 18.6 Å². The monoisotopic (exact) mass is 266 g/mol. The number of hydrogen-bond donors (Lipinski definition) is 2. The number of thioether (sulfide) groups is 1. The SMILES string of the molecule is CC1(CNC(=O)c2n[nH]c(C3CC3)n2)CCCS1. The van der Waals surface area contributed by atoms with Crippen molar-refractivity contribution in [2.45, 2.75) is 43.3 Å². The Hall–Kier alpha value is -1.04. The molecule has 1 aliphatic carbocycles. The maximum absolute atomic E-state index is 11.9. The first kappa shape index (κ1) is 12.0. The number of nitrogens with zero attached hydrogens (tertiary/aromatic N) is 2. The molecule has 1 aliphatic heterocycles. The highest BCUT2D eigenvalue weighted by Gasteiger charge is 2.31. The lowest BCUT2D eigenvalue weighted by atomic mass is 10.1. The molecule has 1 unspecified atom stereocenters. The predicted molar refractivity (Wildman–Crippen MR) is 70.8 cm³/mol. The fraction of sp³-hybridized carbons (Fsp3) is 0.750. The van der Waals surface area contributed by atoms with Crippen molar-refractivity contribution in [3.63, 3.8) is 0 Å². The summed E-state index contributed by atoms with van der Waals surface area (Å²) >= 11 is 1.94. The van der Waals surface area contributed by atoms with Gasteiger partial charge in [-0.15, -0.1) is 5.10 Å². The van der Waals surface area contributed by atoms with Crippen LogP contribution in [0.15, 0.2) is 0 Å². The zero-order valence-corrected chi connectivity index (χ0v) is 11.3. The summed E-state index contributed by atoms with van der Waals surface area (Å²) in [5.74, 6) is 2.68. The minimum absolute atomic E-state index is 0.160. The van der Waals surface area contributed by atoms with Gasteiger partial charge in [-0.05, 0) is 38.4 Å². The molecule has 2 fully saturated rings. The molecule has 2 heterocycles. The Morgan fingerprint density at radius 3 is 3.11 bits per heavy atom. The van der Waals surface area contributed by atoms with E-state index < -0.39 is 0 Å². The maximum Gasteiger partial charge on any atom is 0.291 e. The van der Waals surface area contributed by atoms with Crippen LogP contribution in [0.25, 0.3) is 0 Å². The normalized spacial score (nSPS) is 27.4. The molecule has 1 atom stereocenters. The Bertz CT molecular complexity index is 449. The maximum atomic E-state index is 11.9. The highest BCUT2D eigenvalue weighted by molar-refractivity contribution is 8.00. The molecule has 0 radical (unpaired) electrons. The first-order valence-corrected chi connectivity index (χ1v) is 7.49. The average Bonchev–Trinajstić information content (AvgIpc) is 2.93. The Labute approximate surface area is 111 Å². The minimum atomic E-state index is -0.160. The van der Waals surface area contributed by atoms with Gasteiger partial charge in [0.05, 0.1) is 0 Å². The molecule has 0 bridgehead atoms. The second-order valence-corrected chi connectivity index (χ2v) is 7.09. The van der Waals surface area contributed by atoms with Crippen LogP contribution in [0.4, 0.5) is 0 Å². The van der Waals surface area contributed by atoms with Crippen molar-refractivity contribution in [1.82, 2.24) is 20.5 Å². The molecular weight excluding hydrogens is 248 g/mol. The van der Waals surface area contributed by atoms with E-state index in [0.717, 1.165) is 18.7 Å². The van der Waals surface area contributed by atoms with Gasteiger partial charge in [-0.1, -0.05) is 0 Å². The van der Waals surface area contributed by atoms with Crippen molar-refractivity contribution in [2.75, 3.05) is 12.3 Å². The summed E-state index contributed by atoms with van der Waals surface area (Å²) in [6.07, 6.45) is 4.72. The molecule has 1 amide bonds. The number of aromatic amines is 1. The van der Waals surface area contributed by atoms with Crippen molar-refractivity contribution in [3.05, 3.63) is 11.6 Å². The van der Waals surface area contributed by atoms with Crippen molar-refractivity contribution in [2.24, 2.45) is 0 Å². The molecule has 3 rings (SSSR count). The van der Waals surface area contributed by atoms with Crippen LogP contribution in [-0.2, 0) is 0 Å². The number of amides is 1. The van der Waals surface area contributed by atoms with E-state index in [2.05, 4.69) is 27.4 Å². The van der Waals surface area contributed by atoms with Gasteiger partial charge in [0.1, 0.15) is 5.82 Å². The number of carbonyl (C=O) groups is 1. The van der Waals surface area contributed by atoms with E-state index in [9.17, 15) is 4.79 Å².